The summed E-state index contributed by atoms with van der Waals surface area (Å²) in [5.41, 5.74) is 2.20. The Hall–Kier alpha value is -2.14. The molecule has 0 radical (unpaired) electrons. The summed E-state index contributed by atoms with van der Waals surface area (Å²) < 4.78 is 42.0. The van der Waals surface area contributed by atoms with Crippen molar-refractivity contribution in [1.29, 1.82) is 0 Å². The van der Waals surface area contributed by atoms with Crippen LogP contribution in [0.25, 0.3) is 0 Å². The Morgan fingerprint density at radius 3 is 2.38 bits per heavy atom. The van der Waals surface area contributed by atoms with E-state index in [0.29, 0.717) is 11.8 Å². The van der Waals surface area contributed by atoms with Gasteiger partial charge in [0.05, 0.1) is 5.69 Å². The molecule has 2 aliphatic heterocycles. The number of halogens is 3. The Bertz CT molecular complexity index is 703. The molecule has 0 bridgehead atoms. The van der Waals surface area contributed by atoms with E-state index in [1.165, 1.54) is 5.56 Å². The van der Waals surface area contributed by atoms with Gasteiger partial charge in [-0.2, -0.15) is 13.2 Å². The number of aliphatic carboxylic acids is 1. The van der Waals surface area contributed by atoms with Crippen LogP contribution in [0.1, 0.15) is 23.4 Å². The molecule has 1 N–H and O–H groups in total. The minimum Gasteiger partial charge on any atom is -0.475 e. The zero-order valence-corrected chi connectivity index (χ0v) is 16.7. The van der Waals surface area contributed by atoms with Crippen LogP contribution in [0.15, 0.2) is 4.52 Å². The van der Waals surface area contributed by atoms with E-state index in [0.717, 1.165) is 50.6 Å². The summed E-state index contributed by atoms with van der Waals surface area (Å²) in [6.07, 6.45) is -3.93. The molecule has 164 valence electrons. The maximum atomic E-state index is 12.0. The minimum absolute atomic E-state index is 0.120. The van der Waals surface area contributed by atoms with Gasteiger partial charge in [0.25, 0.3) is 0 Å². The number of ether oxygens (including phenoxy) is 1. The molecule has 0 aliphatic carbocycles. The van der Waals surface area contributed by atoms with Gasteiger partial charge in [0, 0.05) is 38.9 Å². The molecule has 1 aromatic heterocycles. The third-order valence-electron chi connectivity index (χ3n) is 5.31. The minimum atomic E-state index is -5.08. The number of carbonyl (C=O) groups excluding carboxylic acids is 1. The fourth-order valence-electron chi connectivity index (χ4n) is 3.76. The second kappa shape index (κ2) is 9.57. The normalized spacial score (nSPS) is 22.1. The Morgan fingerprint density at radius 2 is 1.86 bits per heavy atom. The molecular weight excluding hydrogens is 395 g/mol. The van der Waals surface area contributed by atoms with E-state index in [-0.39, 0.29) is 12.5 Å². The van der Waals surface area contributed by atoms with Gasteiger partial charge in [-0.25, -0.2) is 4.79 Å². The number of aromatic nitrogens is 1. The number of alkyl halides is 3. The van der Waals surface area contributed by atoms with Crippen molar-refractivity contribution in [2.75, 3.05) is 39.9 Å². The first-order chi connectivity index (χ1) is 13.5. The second-order valence-electron chi connectivity index (χ2n) is 7.38. The Labute approximate surface area is 166 Å². The highest BCUT2D eigenvalue weighted by Crippen LogP contribution is 2.32. The number of likely N-dealkylation sites (tertiary alicyclic amines) is 2. The molecule has 0 aromatic carbocycles. The predicted molar refractivity (Wildman–Crippen MR) is 95.0 cm³/mol. The van der Waals surface area contributed by atoms with E-state index in [2.05, 4.69) is 10.1 Å². The lowest BCUT2D eigenvalue weighted by Gasteiger charge is -2.34. The van der Waals surface area contributed by atoms with Crippen molar-refractivity contribution < 1.29 is 37.1 Å². The Balaban J connectivity index is 0.000000370. The third kappa shape index (κ3) is 6.17. The molecular formula is C18H26F3N3O5. The molecule has 0 saturated carbocycles. The topological polar surface area (TPSA) is 96.1 Å². The molecule has 1 aromatic rings. The molecule has 29 heavy (non-hydrogen) atoms. The molecule has 0 unspecified atom stereocenters. The van der Waals surface area contributed by atoms with Crippen molar-refractivity contribution in [2.24, 2.45) is 11.8 Å². The number of nitrogens with zero attached hydrogens (tertiary/aromatic N) is 3. The highest BCUT2D eigenvalue weighted by Gasteiger charge is 2.39. The average Bonchev–Trinajstić information content (AvgIpc) is 3.20. The van der Waals surface area contributed by atoms with Gasteiger partial charge in [0.2, 0.25) is 5.91 Å². The number of amides is 1. The van der Waals surface area contributed by atoms with Crippen LogP contribution in [0.2, 0.25) is 0 Å². The quantitative estimate of drug-likeness (QED) is 0.793. The number of carbonyl (C=O) groups is 2. The van der Waals surface area contributed by atoms with Crippen LogP contribution in [0.3, 0.4) is 0 Å². The summed E-state index contributed by atoms with van der Waals surface area (Å²) in [6, 6.07) is 0. The van der Waals surface area contributed by atoms with Crippen LogP contribution in [0, 0.1) is 25.7 Å². The maximum Gasteiger partial charge on any atom is 0.490 e. The molecule has 0 spiro atoms. The third-order valence-corrected chi connectivity index (χ3v) is 5.31. The standard InChI is InChI=1S/C16H25N3O3.C2HF3O2/c1-11-15(12(2)22-17-11)9-18-5-4-13-7-19(8-14(13)6-18)16(20)10-21-3;3-2(4,5)1(6)7/h13-14H,4-10H2,1-3H3;(H,6,7)/t13-,14+;/m0./s1. The Morgan fingerprint density at radius 1 is 1.24 bits per heavy atom. The van der Waals surface area contributed by atoms with E-state index in [1.807, 2.05) is 18.7 Å². The first-order valence-electron chi connectivity index (χ1n) is 9.23. The molecule has 1 amide bonds. The van der Waals surface area contributed by atoms with Gasteiger partial charge in [0.1, 0.15) is 12.4 Å². The lowest BCUT2D eigenvalue weighted by molar-refractivity contribution is -0.192. The summed E-state index contributed by atoms with van der Waals surface area (Å²) >= 11 is 0. The van der Waals surface area contributed by atoms with Crippen molar-refractivity contribution in [3.8, 4) is 0 Å². The van der Waals surface area contributed by atoms with E-state index in [1.54, 1.807) is 7.11 Å². The first kappa shape index (κ1) is 23.1. The number of carboxylic acids is 1. The van der Waals surface area contributed by atoms with Crippen molar-refractivity contribution in [1.82, 2.24) is 15.0 Å². The molecule has 2 fully saturated rings. The predicted octanol–water partition coefficient (Wildman–Crippen LogP) is 1.85. The maximum absolute atomic E-state index is 12.0. The van der Waals surface area contributed by atoms with Crippen LogP contribution < -0.4 is 0 Å². The summed E-state index contributed by atoms with van der Waals surface area (Å²) in [4.78, 5) is 25.3. The zero-order chi connectivity index (χ0) is 21.8. The molecule has 2 saturated heterocycles. The van der Waals surface area contributed by atoms with Crippen molar-refractivity contribution in [3.63, 3.8) is 0 Å². The zero-order valence-electron chi connectivity index (χ0n) is 16.7. The number of hydrogen-bond donors (Lipinski definition) is 1. The van der Waals surface area contributed by atoms with Gasteiger partial charge in [-0.15, -0.1) is 0 Å². The molecule has 8 nitrogen and oxygen atoms in total. The largest absolute Gasteiger partial charge is 0.490 e. The number of carboxylic acid groups (broad SMARTS) is 1. The van der Waals surface area contributed by atoms with E-state index >= 15 is 0 Å². The summed E-state index contributed by atoms with van der Waals surface area (Å²) in [5, 5.41) is 11.2. The van der Waals surface area contributed by atoms with E-state index in [4.69, 9.17) is 19.2 Å². The number of rotatable bonds is 4. The van der Waals surface area contributed by atoms with E-state index in [9.17, 15) is 18.0 Å². The van der Waals surface area contributed by atoms with Gasteiger partial charge in [-0.05, 0) is 38.6 Å². The van der Waals surface area contributed by atoms with Crippen LogP contribution in [-0.2, 0) is 20.9 Å². The van der Waals surface area contributed by atoms with Gasteiger partial charge >= 0.3 is 12.1 Å². The van der Waals surface area contributed by atoms with Crippen molar-refractivity contribution >= 4 is 11.9 Å². The lowest BCUT2D eigenvalue weighted by Crippen LogP contribution is -2.39. The molecule has 3 heterocycles. The number of methoxy groups -OCH3 is 1. The van der Waals surface area contributed by atoms with Gasteiger partial charge in [-0.1, -0.05) is 5.16 Å². The van der Waals surface area contributed by atoms with Crippen LogP contribution in [-0.4, -0.2) is 78.0 Å². The van der Waals surface area contributed by atoms with Crippen LogP contribution in [0.5, 0.6) is 0 Å². The summed E-state index contributed by atoms with van der Waals surface area (Å²) in [6.45, 7) is 8.96. The average molecular weight is 421 g/mol. The highest BCUT2D eigenvalue weighted by molar-refractivity contribution is 5.77. The molecule has 2 atom stereocenters. The molecule has 2 aliphatic rings. The van der Waals surface area contributed by atoms with Crippen LogP contribution >= 0.6 is 0 Å². The number of hydrogen-bond acceptors (Lipinski definition) is 6. The second-order valence-corrected chi connectivity index (χ2v) is 7.38. The van der Waals surface area contributed by atoms with Gasteiger partial charge < -0.3 is 19.3 Å². The molecule has 11 heteroatoms. The summed E-state index contributed by atoms with van der Waals surface area (Å²) in [5.74, 6) is -0.499. The molecule has 3 rings (SSSR count). The van der Waals surface area contributed by atoms with E-state index < -0.39 is 12.1 Å². The monoisotopic (exact) mass is 421 g/mol. The van der Waals surface area contributed by atoms with Gasteiger partial charge in [0.15, 0.2) is 0 Å². The first-order valence-corrected chi connectivity index (χ1v) is 9.23. The number of aryl methyl sites for hydroxylation is 2. The van der Waals surface area contributed by atoms with Gasteiger partial charge in [-0.3, -0.25) is 9.69 Å². The van der Waals surface area contributed by atoms with Crippen molar-refractivity contribution in [3.05, 3.63) is 17.0 Å². The summed E-state index contributed by atoms with van der Waals surface area (Å²) in [7, 11) is 1.58. The lowest BCUT2D eigenvalue weighted by atomic mass is 9.88. The number of piperidine rings is 1. The highest BCUT2D eigenvalue weighted by atomic mass is 19.4. The Kier molecular flexibility index (Phi) is 7.64. The fraction of sp³-hybridized carbons (Fsp3) is 0.722. The van der Waals surface area contributed by atoms with Crippen molar-refractivity contribution in [2.45, 2.75) is 33.0 Å². The fourth-order valence-corrected chi connectivity index (χ4v) is 3.76. The SMILES string of the molecule is COCC(=O)N1C[C@H]2CN(Cc3c(C)noc3C)CC[C@H]2C1.O=C(O)C(F)(F)F. The number of fused-ring (bicyclic) bond motifs is 1. The smallest absolute Gasteiger partial charge is 0.475 e. The van der Waals surface area contributed by atoms with Crippen LogP contribution in [0.4, 0.5) is 13.2 Å².